The van der Waals surface area contributed by atoms with Crippen molar-refractivity contribution in [3.63, 3.8) is 0 Å². The average molecular weight is 291 g/mol. The molecular weight excluding hydrogens is 274 g/mol. The normalized spacial score (nSPS) is 15.6. The quantitative estimate of drug-likeness (QED) is 0.682. The van der Waals surface area contributed by atoms with Gasteiger partial charge in [0.2, 0.25) is 0 Å². The highest BCUT2D eigenvalue weighted by Crippen LogP contribution is 2.22. The van der Waals surface area contributed by atoms with Crippen LogP contribution in [-0.4, -0.2) is 17.8 Å². The van der Waals surface area contributed by atoms with Crippen LogP contribution < -0.4 is 5.32 Å². The maximum Gasteiger partial charge on any atom is 0.276 e. The minimum Gasteiger partial charge on any atom is -0.320 e. The van der Waals surface area contributed by atoms with Crippen molar-refractivity contribution < 1.29 is 4.79 Å². The zero-order chi connectivity index (χ0) is 15.5. The first-order valence-electron chi connectivity index (χ1n) is 7.27. The van der Waals surface area contributed by atoms with Gasteiger partial charge in [0.25, 0.3) is 5.91 Å². The van der Waals surface area contributed by atoms with Crippen molar-refractivity contribution in [3.8, 4) is 0 Å². The Morgan fingerprint density at radius 2 is 1.77 bits per heavy atom. The van der Waals surface area contributed by atoms with Gasteiger partial charge < -0.3 is 5.32 Å². The summed E-state index contributed by atoms with van der Waals surface area (Å²) in [5.74, 6) is 0.290. The molecule has 0 aromatic heterocycles. The lowest BCUT2D eigenvalue weighted by Gasteiger charge is -2.04. The number of amides is 1. The van der Waals surface area contributed by atoms with Crippen LogP contribution in [0.25, 0.3) is 0 Å². The van der Waals surface area contributed by atoms with Crippen molar-refractivity contribution in [3.05, 3.63) is 65.2 Å². The molecule has 0 saturated heterocycles. The van der Waals surface area contributed by atoms with Crippen molar-refractivity contribution in [1.82, 2.24) is 0 Å². The van der Waals surface area contributed by atoms with Gasteiger partial charge in [-0.05, 0) is 23.1 Å². The van der Waals surface area contributed by atoms with Crippen LogP contribution in [0, 0.1) is 0 Å². The van der Waals surface area contributed by atoms with Crippen molar-refractivity contribution >= 4 is 23.5 Å². The highest BCUT2D eigenvalue weighted by atomic mass is 16.2. The maximum atomic E-state index is 11.9. The van der Waals surface area contributed by atoms with Crippen molar-refractivity contribution in [2.75, 3.05) is 5.32 Å². The second-order valence-electron chi connectivity index (χ2n) is 5.51. The minimum absolute atomic E-state index is 0.214. The topological polar surface area (TPSA) is 53.8 Å². The molecule has 0 spiro atoms. The van der Waals surface area contributed by atoms with Gasteiger partial charge >= 0.3 is 0 Å². The standard InChI is InChI=1S/C18H17N3O/c1-12(2)14-9-7-13(8-10-14)11-19-21-17-15-5-3-4-6-16(15)20-18(17)22/h3-12H,1-2H3,(H,20,21,22)/b19-11-. The maximum absolute atomic E-state index is 11.9. The van der Waals surface area contributed by atoms with Crippen LogP contribution in [0.2, 0.25) is 0 Å². The molecule has 110 valence electrons. The van der Waals surface area contributed by atoms with E-state index >= 15 is 0 Å². The van der Waals surface area contributed by atoms with Crippen LogP contribution in [0.15, 0.2) is 58.7 Å². The summed E-state index contributed by atoms with van der Waals surface area (Å²) in [6.07, 6.45) is 1.66. The molecule has 22 heavy (non-hydrogen) atoms. The lowest BCUT2D eigenvalue weighted by atomic mass is 10.0. The molecule has 1 heterocycles. The van der Waals surface area contributed by atoms with Gasteiger partial charge in [-0.15, -0.1) is 5.10 Å². The Morgan fingerprint density at radius 1 is 1.05 bits per heavy atom. The Labute approximate surface area is 129 Å². The number of carbonyl (C=O) groups is 1. The molecule has 4 heteroatoms. The smallest absolute Gasteiger partial charge is 0.276 e. The molecule has 0 unspecified atom stereocenters. The third kappa shape index (κ3) is 2.81. The van der Waals surface area contributed by atoms with Crippen molar-refractivity contribution in [2.45, 2.75) is 19.8 Å². The van der Waals surface area contributed by atoms with Crippen LogP contribution in [0.1, 0.15) is 36.5 Å². The molecule has 0 saturated carbocycles. The predicted octanol–water partition coefficient (Wildman–Crippen LogP) is 3.59. The summed E-state index contributed by atoms with van der Waals surface area (Å²) in [6, 6.07) is 15.6. The van der Waals surface area contributed by atoms with E-state index in [1.807, 2.05) is 36.4 Å². The fraction of sp³-hybridized carbons (Fsp3) is 0.167. The first kappa shape index (κ1) is 14.2. The Hall–Kier alpha value is -2.75. The van der Waals surface area contributed by atoms with E-state index in [0.29, 0.717) is 11.6 Å². The average Bonchev–Trinajstić information content (AvgIpc) is 2.84. The first-order chi connectivity index (χ1) is 10.6. The van der Waals surface area contributed by atoms with E-state index < -0.39 is 0 Å². The van der Waals surface area contributed by atoms with E-state index in [2.05, 4.69) is 41.5 Å². The zero-order valence-corrected chi connectivity index (χ0v) is 12.6. The number of fused-ring (bicyclic) bond motifs is 1. The van der Waals surface area contributed by atoms with Gasteiger partial charge in [-0.2, -0.15) is 5.10 Å². The first-order valence-corrected chi connectivity index (χ1v) is 7.27. The molecule has 2 aromatic rings. The van der Waals surface area contributed by atoms with Gasteiger partial charge in [0.05, 0.1) is 11.9 Å². The molecule has 2 aromatic carbocycles. The van der Waals surface area contributed by atoms with Gasteiger partial charge in [-0.3, -0.25) is 4.79 Å². The fourth-order valence-corrected chi connectivity index (χ4v) is 2.32. The van der Waals surface area contributed by atoms with E-state index in [-0.39, 0.29) is 5.91 Å². The summed E-state index contributed by atoms with van der Waals surface area (Å²) < 4.78 is 0. The van der Waals surface area contributed by atoms with Gasteiger partial charge in [0, 0.05) is 5.56 Å². The highest BCUT2D eigenvalue weighted by molar-refractivity contribution is 6.53. The van der Waals surface area contributed by atoms with Crippen molar-refractivity contribution in [1.29, 1.82) is 0 Å². The van der Waals surface area contributed by atoms with Gasteiger partial charge in [0.15, 0.2) is 5.71 Å². The number of rotatable bonds is 3. The number of benzene rings is 2. The van der Waals surface area contributed by atoms with E-state index in [0.717, 1.165) is 16.8 Å². The molecular formula is C18H17N3O. The zero-order valence-electron chi connectivity index (χ0n) is 12.6. The SMILES string of the molecule is CC(C)c1ccc(/C=N\N=C2/C(=O)Nc3ccccc32)cc1. The number of hydrogen-bond acceptors (Lipinski definition) is 3. The summed E-state index contributed by atoms with van der Waals surface area (Å²) in [6.45, 7) is 4.32. The summed E-state index contributed by atoms with van der Waals surface area (Å²) in [4.78, 5) is 11.9. The summed E-state index contributed by atoms with van der Waals surface area (Å²) in [5.41, 5.74) is 4.17. The molecule has 0 aliphatic carbocycles. The molecule has 1 N–H and O–H groups in total. The largest absolute Gasteiger partial charge is 0.320 e. The molecule has 0 atom stereocenters. The highest BCUT2D eigenvalue weighted by Gasteiger charge is 2.25. The van der Waals surface area contributed by atoms with Gasteiger partial charge in [0.1, 0.15) is 0 Å². The second kappa shape index (κ2) is 5.93. The molecule has 0 fully saturated rings. The van der Waals surface area contributed by atoms with Crippen LogP contribution >= 0.6 is 0 Å². The molecule has 1 aliphatic rings. The van der Waals surface area contributed by atoms with Crippen LogP contribution in [0.3, 0.4) is 0 Å². The third-order valence-electron chi connectivity index (χ3n) is 3.61. The molecule has 3 rings (SSSR count). The van der Waals surface area contributed by atoms with E-state index in [4.69, 9.17) is 0 Å². The molecule has 4 nitrogen and oxygen atoms in total. The number of nitrogens with one attached hydrogen (secondary N) is 1. The number of carbonyl (C=O) groups excluding carboxylic acids is 1. The van der Waals surface area contributed by atoms with Crippen molar-refractivity contribution in [2.24, 2.45) is 10.2 Å². The number of hydrogen-bond donors (Lipinski definition) is 1. The number of anilines is 1. The van der Waals surface area contributed by atoms with Gasteiger partial charge in [-0.1, -0.05) is 56.3 Å². The molecule has 1 aliphatic heterocycles. The van der Waals surface area contributed by atoms with Crippen LogP contribution in [-0.2, 0) is 4.79 Å². The lowest BCUT2D eigenvalue weighted by Crippen LogP contribution is -2.13. The summed E-state index contributed by atoms with van der Waals surface area (Å²) >= 11 is 0. The number of para-hydroxylation sites is 1. The Bertz CT molecular complexity index is 758. The van der Waals surface area contributed by atoms with Crippen LogP contribution in [0.5, 0.6) is 0 Å². The van der Waals surface area contributed by atoms with E-state index in [1.54, 1.807) is 6.21 Å². The number of nitrogens with zero attached hydrogens (tertiary/aromatic N) is 2. The molecule has 0 bridgehead atoms. The van der Waals surface area contributed by atoms with E-state index in [1.165, 1.54) is 5.56 Å². The lowest BCUT2D eigenvalue weighted by molar-refractivity contribution is -0.110. The van der Waals surface area contributed by atoms with E-state index in [9.17, 15) is 4.79 Å². The predicted molar refractivity (Wildman–Crippen MR) is 89.7 cm³/mol. The summed E-state index contributed by atoms with van der Waals surface area (Å²) in [5, 5.41) is 10.9. The fourth-order valence-electron chi connectivity index (χ4n) is 2.32. The Kier molecular flexibility index (Phi) is 3.83. The Morgan fingerprint density at radius 3 is 2.50 bits per heavy atom. The minimum atomic E-state index is -0.214. The third-order valence-corrected chi connectivity index (χ3v) is 3.61. The molecule has 1 amide bonds. The summed E-state index contributed by atoms with van der Waals surface area (Å²) in [7, 11) is 0. The van der Waals surface area contributed by atoms with Crippen LogP contribution in [0.4, 0.5) is 5.69 Å². The monoisotopic (exact) mass is 291 g/mol. The van der Waals surface area contributed by atoms with Gasteiger partial charge in [-0.25, -0.2) is 0 Å². The second-order valence-corrected chi connectivity index (χ2v) is 5.51. The molecule has 0 radical (unpaired) electrons. The Balaban J connectivity index is 1.80.